The Morgan fingerprint density at radius 3 is 2.22 bits per heavy atom. The molecule has 2 aromatic carbocycles. The highest BCUT2D eigenvalue weighted by Crippen LogP contribution is 2.33. The Morgan fingerprint density at radius 2 is 1.59 bits per heavy atom. The molecule has 2 amide bonds. The normalized spacial score (nSPS) is 10.4. The number of carbonyl (C=O) groups is 2. The summed E-state index contributed by atoms with van der Waals surface area (Å²) in [6.07, 6.45) is 1.32. The third-order valence-corrected chi connectivity index (χ3v) is 3.76. The maximum Gasteiger partial charge on any atom is 0.329 e. The van der Waals surface area contributed by atoms with Crippen molar-refractivity contribution in [3.63, 3.8) is 0 Å². The van der Waals surface area contributed by atoms with Gasteiger partial charge in [-0.2, -0.15) is 5.10 Å². The van der Waals surface area contributed by atoms with Crippen LogP contribution in [0.4, 0.5) is 5.69 Å². The fourth-order valence-electron chi connectivity index (χ4n) is 2.11. The van der Waals surface area contributed by atoms with E-state index in [1.165, 1.54) is 27.5 Å². The molecule has 0 aliphatic heterocycles. The minimum absolute atomic E-state index is 0.317. The van der Waals surface area contributed by atoms with Gasteiger partial charge in [0.1, 0.15) is 5.75 Å². The first-order valence-corrected chi connectivity index (χ1v) is 8.06. The number of rotatable bonds is 6. The molecule has 0 saturated carbocycles. The van der Waals surface area contributed by atoms with Crippen LogP contribution in [-0.4, -0.2) is 39.4 Å². The van der Waals surface area contributed by atoms with Gasteiger partial charge in [0, 0.05) is 11.6 Å². The van der Waals surface area contributed by atoms with Crippen LogP contribution in [0.1, 0.15) is 5.56 Å². The van der Waals surface area contributed by atoms with Crippen LogP contribution in [0.5, 0.6) is 17.2 Å². The molecule has 2 N–H and O–H groups in total. The summed E-state index contributed by atoms with van der Waals surface area (Å²) in [5.74, 6) is -0.464. The van der Waals surface area contributed by atoms with Crippen molar-refractivity contribution in [3.05, 3.63) is 47.0 Å². The number of hydrogen-bond acceptors (Lipinski definition) is 6. The van der Waals surface area contributed by atoms with Crippen molar-refractivity contribution in [3.8, 4) is 17.2 Å². The minimum atomic E-state index is -0.953. The van der Waals surface area contributed by atoms with E-state index in [0.29, 0.717) is 33.5 Å². The van der Waals surface area contributed by atoms with Crippen molar-refractivity contribution in [1.29, 1.82) is 0 Å². The van der Waals surface area contributed by atoms with Gasteiger partial charge in [-0.25, -0.2) is 5.43 Å². The molecule has 2 rings (SSSR count). The summed E-state index contributed by atoms with van der Waals surface area (Å²) in [4.78, 5) is 23.8. The van der Waals surface area contributed by atoms with Crippen LogP contribution in [0.15, 0.2) is 41.5 Å². The van der Waals surface area contributed by atoms with E-state index in [4.69, 9.17) is 25.8 Å². The molecule has 2 aromatic rings. The average molecular weight is 392 g/mol. The van der Waals surface area contributed by atoms with E-state index in [-0.39, 0.29) is 0 Å². The van der Waals surface area contributed by atoms with Crippen LogP contribution in [-0.2, 0) is 9.59 Å². The highest BCUT2D eigenvalue weighted by atomic mass is 35.5. The van der Waals surface area contributed by atoms with Crippen molar-refractivity contribution in [2.24, 2.45) is 5.10 Å². The maximum atomic E-state index is 11.9. The number of amides is 2. The Bertz CT molecular complexity index is 870. The molecule has 0 unspecified atom stereocenters. The van der Waals surface area contributed by atoms with Crippen LogP contribution in [0.25, 0.3) is 0 Å². The van der Waals surface area contributed by atoms with Crippen LogP contribution < -0.4 is 25.0 Å². The molecule has 0 spiro atoms. The van der Waals surface area contributed by atoms with Crippen molar-refractivity contribution < 1.29 is 23.8 Å². The van der Waals surface area contributed by atoms with E-state index < -0.39 is 11.8 Å². The molecule has 0 saturated heterocycles. The highest BCUT2D eigenvalue weighted by Gasteiger charge is 2.15. The third kappa shape index (κ3) is 5.11. The Hall–Kier alpha value is -3.26. The summed E-state index contributed by atoms with van der Waals surface area (Å²) in [5, 5.41) is 6.48. The van der Waals surface area contributed by atoms with Gasteiger partial charge in [-0.15, -0.1) is 0 Å². The van der Waals surface area contributed by atoms with Crippen molar-refractivity contribution in [2.75, 3.05) is 26.6 Å². The Balaban J connectivity index is 2.07. The number of hydrogen-bond donors (Lipinski definition) is 2. The lowest BCUT2D eigenvalue weighted by molar-refractivity contribution is -0.136. The standard InChI is InChI=1S/C18H18ClN3O5/c1-25-14-9-16(27-3)15(26-2)8-11(14)10-20-22-18(24)17(23)21-13-7-5-4-6-12(13)19/h4-10H,1-3H3,(H,21,23)(H,22,24)/b20-10+. The topological polar surface area (TPSA) is 98.2 Å². The molecule has 0 atom stereocenters. The lowest BCUT2D eigenvalue weighted by atomic mass is 10.2. The summed E-state index contributed by atoms with van der Waals surface area (Å²) in [5.41, 5.74) is 2.98. The fourth-order valence-corrected chi connectivity index (χ4v) is 2.29. The van der Waals surface area contributed by atoms with Gasteiger partial charge in [-0.1, -0.05) is 23.7 Å². The monoisotopic (exact) mass is 391 g/mol. The van der Waals surface area contributed by atoms with Gasteiger partial charge in [0.25, 0.3) is 0 Å². The van der Waals surface area contributed by atoms with E-state index in [0.717, 1.165) is 0 Å². The summed E-state index contributed by atoms with van der Waals surface area (Å²) in [7, 11) is 4.48. The predicted octanol–water partition coefficient (Wildman–Crippen LogP) is 2.45. The van der Waals surface area contributed by atoms with Gasteiger partial charge >= 0.3 is 11.8 Å². The lowest BCUT2D eigenvalue weighted by Crippen LogP contribution is -2.32. The molecule has 9 heteroatoms. The average Bonchev–Trinajstić information content (AvgIpc) is 2.68. The Kier molecular flexibility index (Phi) is 7.01. The lowest BCUT2D eigenvalue weighted by Gasteiger charge is -2.11. The van der Waals surface area contributed by atoms with Crippen LogP contribution in [0.3, 0.4) is 0 Å². The largest absolute Gasteiger partial charge is 0.496 e. The SMILES string of the molecule is COc1cc(OC)c(OC)cc1/C=N/NC(=O)C(=O)Nc1ccccc1Cl. The molecular formula is C18H18ClN3O5. The number of para-hydroxylation sites is 1. The van der Waals surface area contributed by atoms with Crippen molar-refractivity contribution in [1.82, 2.24) is 5.43 Å². The second-order valence-corrected chi connectivity index (χ2v) is 5.49. The molecule has 0 bridgehead atoms. The van der Waals surface area contributed by atoms with Crippen molar-refractivity contribution in [2.45, 2.75) is 0 Å². The van der Waals surface area contributed by atoms with E-state index in [1.54, 1.807) is 36.4 Å². The zero-order valence-corrected chi connectivity index (χ0v) is 15.7. The smallest absolute Gasteiger partial charge is 0.329 e. The molecule has 0 aliphatic carbocycles. The number of benzene rings is 2. The highest BCUT2D eigenvalue weighted by molar-refractivity contribution is 6.41. The van der Waals surface area contributed by atoms with E-state index in [2.05, 4.69) is 15.8 Å². The fraction of sp³-hybridized carbons (Fsp3) is 0.167. The second kappa shape index (κ2) is 9.44. The summed E-state index contributed by atoms with van der Waals surface area (Å²) in [6, 6.07) is 9.80. The molecule has 27 heavy (non-hydrogen) atoms. The van der Waals surface area contributed by atoms with E-state index >= 15 is 0 Å². The Morgan fingerprint density at radius 1 is 0.963 bits per heavy atom. The molecule has 0 aliphatic rings. The van der Waals surface area contributed by atoms with Gasteiger partial charge in [-0.05, 0) is 18.2 Å². The molecule has 0 fully saturated rings. The first kappa shape index (κ1) is 20.1. The Labute approximate surface area is 161 Å². The van der Waals surface area contributed by atoms with Gasteiger partial charge in [0.05, 0.1) is 38.3 Å². The summed E-state index contributed by atoms with van der Waals surface area (Å²) < 4.78 is 15.7. The van der Waals surface area contributed by atoms with E-state index in [9.17, 15) is 9.59 Å². The number of ether oxygens (including phenoxy) is 3. The first-order chi connectivity index (χ1) is 13.0. The van der Waals surface area contributed by atoms with Gasteiger partial charge in [0.15, 0.2) is 11.5 Å². The summed E-state index contributed by atoms with van der Waals surface area (Å²) >= 11 is 5.93. The molecule has 0 aromatic heterocycles. The minimum Gasteiger partial charge on any atom is -0.496 e. The number of nitrogens with one attached hydrogen (secondary N) is 2. The predicted molar refractivity (Wildman–Crippen MR) is 102 cm³/mol. The van der Waals surface area contributed by atoms with Gasteiger partial charge < -0.3 is 19.5 Å². The van der Waals surface area contributed by atoms with Crippen LogP contribution in [0, 0.1) is 0 Å². The number of hydrazone groups is 1. The number of nitrogens with zero attached hydrogens (tertiary/aromatic N) is 1. The van der Waals surface area contributed by atoms with Gasteiger partial charge in [0.2, 0.25) is 0 Å². The molecular weight excluding hydrogens is 374 g/mol. The number of anilines is 1. The first-order valence-electron chi connectivity index (χ1n) is 7.69. The van der Waals surface area contributed by atoms with Crippen LogP contribution >= 0.6 is 11.6 Å². The molecule has 142 valence electrons. The zero-order chi connectivity index (χ0) is 19.8. The third-order valence-electron chi connectivity index (χ3n) is 3.43. The number of carbonyl (C=O) groups excluding carboxylic acids is 2. The quantitative estimate of drug-likeness (QED) is 0.447. The second-order valence-electron chi connectivity index (χ2n) is 5.08. The van der Waals surface area contributed by atoms with E-state index in [1.807, 2.05) is 0 Å². The summed E-state index contributed by atoms with van der Waals surface area (Å²) in [6.45, 7) is 0. The van der Waals surface area contributed by atoms with Crippen LogP contribution in [0.2, 0.25) is 5.02 Å². The molecule has 0 radical (unpaired) electrons. The maximum absolute atomic E-state index is 11.9. The zero-order valence-electron chi connectivity index (χ0n) is 14.9. The number of halogens is 1. The molecule has 8 nitrogen and oxygen atoms in total. The molecule has 0 heterocycles. The number of methoxy groups -OCH3 is 3. The van der Waals surface area contributed by atoms with Crippen molar-refractivity contribution >= 4 is 35.3 Å². The van der Waals surface area contributed by atoms with Gasteiger partial charge in [-0.3, -0.25) is 9.59 Å².